The Morgan fingerprint density at radius 3 is 3.00 bits per heavy atom. The van der Waals surface area contributed by atoms with Gasteiger partial charge in [0, 0.05) is 54.2 Å². The zero-order valence-corrected chi connectivity index (χ0v) is 19.3. The number of hydrogen-bond acceptors (Lipinski definition) is 4. The van der Waals surface area contributed by atoms with Gasteiger partial charge >= 0.3 is 0 Å². The summed E-state index contributed by atoms with van der Waals surface area (Å²) in [6.45, 7) is 4.46. The minimum absolute atomic E-state index is 0.0522. The Balaban J connectivity index is 1.31. The van der Waals surface area contributed by atoms with Crippen LogP contribution < -0.4 is 5.32 Å². The molecule has 4 heterocycles. The number of anilines is 1. The van der Waals surface area contributed by atoms with E-state index in [0.717, 1.165) is 33.1 Å². The zero-order valence-electron chi connectivity index (χ0n) is 19.3. The lowest BCUT2D eigenvalue weighted by molar-refractivity contribution is -0.127. The second-order valence-corrected chi connectivity index (χ2v) is 9.11. The van der Waals surface area contributed by atoms with Crippen LogP contribution in [0.1, 0.15) is 11.1 Å². The van der Waals surface area contributed by atoms with Crippen LogP contribution in [0, 0.1) is 6.92 Å². The van der Waals surface area contributed by atoms with Crippen molar-refractivity contribution in [1.29, 1.82) is 0 Å². The molecule has 2 N–H and O–H groups in total. The van der Waals surface area contributed by atoms with Gasteiger partial charge in [0.1, 0.15) is 6.04 Å². The van der Waals surface area contributed by atoms with Crippen LogP contribution in [0.15, 0.2) is 61.1 Å². The lowest BCUT2D eigenvalue weighted by Crippen LogP contribution is -2.51. The van der Waals surface area contributed by atoms with Gasteiger partial charge in [-0.2, -0.15) is 0 Å². The van der Waals surface area contributed by atoms with Crippen molar-refractivity contribution in [3.63, 3.8) is 0 Å². The number of nitrogens with one attached hydrogen (secondary N) is 2. The monoisotopic (exact) mass is 453 g/mol. The molecule has 7 nitrogen and oxygen atoms in total. The number of amides is 1. The van der Waals surface area contributed by atoms with Crippen LogP contribution in [0.2, 0.25) is 0 Å². The number of aryl methyl sites for hydroxylation is 2. The summed E-state index contributed by atoms with van der Waals surface area (Å²) in [6.07, 6.45) is 5.77. The van der Waals surface area contributed by atoms with Crippen molar-refractivity contribution in [3.8, 4) is 0 Å². The van der Waals surface area contributed by atoms with E-state index in [0.29, 0.717) is 26.3 Å². The quantitative estimate of drug-likeness (QED) is 0.424. The van der Waals surface area contributed by atoms with E-state index in [9.17, 15) is 4.79 Å². The second-order valence-electron chi connectivity index (χ2n) is 9.11. The van der Waals surface area contributed by atoms with E-state index in [2.05, 4.69) is 68.3 Å². The molecule has 1 aliphatic rings. The van der Waals surface area contributed by atoms with E-state index < -0.39 is 0 Å². The Hall–Kier alpha value is -3.68. The number of carbonyl (C=O) groups excluding carboxylic acids is 1. The number of pyridine rings is 1. The molecule has 1 amide bonds. The third-order valence-corrected chi connectivity index (χ3v) is 6.81. The van der Waals surface area contributed by atoms with E-state index in [1.807, 2.05) is 25.3 Å². The van der Waals surface area contributed by atoms with Gasteiger partial charge in [0.2, 0.25) is 5.91 Å². The highest BCUT2D eigenvalue weighted by atomic mass is 16.5. The molecule has 6 rings (SSSR count). The van der Waals surface area contributed by atoms with Crippen molar-refractivity contribution < 1.29 is 9.53 Å². The number of carbonyl (C=O) groups is 1. The number of aromatic nitrogens is 3. The number of H-pyrrole nitrogens is 1. The van der Waals surface area contributed by atoms with Crippen LogP contribution in [0.25, 0.3) is 32.7 Å². The minimum Gasteiger partial charge on any atom is -0.378 e. The van der Waals surface area contributed by atoms with Crippen molar-refractivity contribution in [2.75, 3.05) is 25.1 Å². The molecule has 5 aromatic rings. The largest absolute Gasteiger partial charge is 0.378 e. The summed E-state index contributed by atoms with van der Waals surface area (Å²) >= 11 is 0. The number of nitrogens with zero attached hydrogens (tertiary/aromatic N) is 3. The molecule has 0 saturated carbocycles. The van der Waals surface area contributed by atoms with Crippen LogP contribution in [-0.4, -0.2) is 51.1 Å². The molecule has 34 heavy (non-hydrogen) atoms. The molecule has 0 spiro atoms. The molecule has 7 heteroatoms. The number of hydrogen-bond donors (Lipinski definition) is 2. The Morgan fingerprint density at radius 1 is 1.21 bits per heavy atom. The minimum atomic E-state index is -0.366. The maximum Gasteiger partial charge on any atom is 0.244 e. The van der Waals surface area contributed by atoms with Gasteiger partial charge in [-0.1, -0.05) is 18.2 Å². The first kappa shape index (κ1) is 20.9. The lowest BCUT2D eigenvalue weighted by atomic mass is 10.1. The molecule has 0 bridgehead atoms. The molecular weight excluding hydrogens is 426 g/mol. The number of ether oxygens (including phenoxy) is 1. The summed E-state index contributed by atoms with van der Waals surface area (Å²) in [7, 11) is 2.06. The molecular formula is C27H27N5O2. The fourth-order valence-corrected chi connectivity index (χ4v) is 5.15. The molecule has 0 aliphatic carbocycles. The summed E-state index contributed by atoms with van der Waals surface area (Å²) in [5.74, 6) is -0.0522. The van der Waals surface area contributed by atoms with Gasteiger partial charge in [0.25, 0.3) is 0 Å². The van der Waals surface area contributed by atoms with Crippen molar-refractivity contribution in [2.45, 2.75) is 19.5 Å². The molecule has 3 aromatic heterocycles. The number of rotatable bonds is 4. The highest BCUT2D eigenvalue weighted by Crippen LogP contribution is 2.32. The van der Waals surface area contributed by atoms with Gasteiger partial charge in [0.15, 0.2) is 0 Å². The van der Waals surface area contributed by atoms with Gasteiger partial charge in [-0.15, -0.1) is 0 Å². The molecule has 1 fully saturated rings. The molecule has 0 unspecified atom stereocenters. The number of morpholine rings is 1. The van der Waals surface area contributed by atoms with Gasteiger partial charge in [-0.25, -0.2) is 0 Å². The highest BCUT2D eigenvalue weighted by molar-refractivity contribution is 6.13. The number of para-hydroxylation sites is 1. The second kappa shape index (κ2) is 8.27. The summed E-state index contributed by atoms with van der Waals surface area (Å²) in [6, 6.07) is 14.2. The van der Waals surface area contributed by atoms with E-state index in [4.69, 9.17) is 4.74 Å². The maximum atomic E-state index is 13.5. The molecule has 1 atom stereocenters. The van der Waals surface area contributed by atoms with Crippen molar-refractivity contribution in [1.82, 2.24) is 19.4 Å². The first-order valence-electron chi connectivity index (χ1n) is 11.6. The third-order valence-electron chi connectivity index (χ3n) is 6.81. The predicted octanol–water partition coefficient (Wildman–Crippen LogP) is 4.36. The Labute approximate surface area is 197 Å². The first-order valence-corrected chi connectivity index (χ1v) is 11.6. The van der Waals surface area contributed by atoms with Gasteiger partial charge in [-0.05, 0) is 42.3 Å². The number of benzene rings is 2. The SMILES string of the molecule is Cc1cc(NC(=O)[C@@H]2COCCN2Cc2cn(C)c3ccccc23)c2[nH]c3cnccc3c2c1. The van der Waals surface area contributed by atoms with E-state index in [-0.39, 0.29) is 11.9 Å². The highest BCUT2D eigenvalue weighted by Gasteiger charge is 2.30. The maximum absolute atomic E-state index is 13.5. The summed E-state index contributed by atoms with van der Waals surface area (Å²) in [5.41, 5.74) is 6.16. The summed E-state index contributed by atoms with van der Waals surface area (Å²) in [4.78, 5) is 23.4. The van der Waals surface area contributed by atoms with Crippen molar-refractivity contribution >= 4 is 44.3 Å². The first-order chi connectivity index (χ1) is 16.6. The molecule has 1 saturated heterocycles. The summed E-state index contributed by atoms with van der Waals surface area (Å²) in [5, 5.41) is 6.61. The topological polar surface area (TPSA) is 75.2 Å². The average Bonchev–Trinajstić information content (AvgIpc) is 3.37. The van der Waals surface area contributed by atoms with Gasteiger partial charge in [-0.3, -0.25) is 14.7 Å². The van der Waals surface area contributed by atoms with Crippen LogP contribution in [-0.2, 0) is 23.1 Å². The predicted molar refractivity (Wildman–Crippen MR) is 135 cm³/mol. The Kier molecular flexibility index (Phi) is 5.08. The molecule has 172 valence electrons. The van der Waals surface area contributed by atoms with Crippen LogP contribution in [0.4, 0.5) is 5.69 Å². The Bertz CT molecular complexity index is 1530. The van der Waals surface area contributed by atoms with Crippen LogP contribution >= 0.6 is 0 Å². The van der Waals surface area contributed by atoms with Crippen molar-refractivity contribution in [3.05, 3.63) is 72.2 Å². The third kappa shape index (κ3) is 3.54. The smallest absolute Gasteiger partial charge is 0.244 e. The fourth-order valence-electron chi connectivity index (χ4n) is 5.15. The van der Waals surface area contributed by atoms with Crippen LogP contribution in [0.5, 0.6) is 0 Å². The zero-order chi connectivity index (χ0) is 23.2. The van der Waals surface area contributed by atoms with Gasteiger partial charge < -0.3 is 19.6 Å². The standard InChI is InChI=1S/C27H27N5O2/c1-17-11-21-20-7-8-28-13-23(20)29-26(21)22(12-17)30-27(33)25-16-34-10-9-32(25)15-18-14-31(2)24-6-4-3-5-19(18)24/h3-8,11-14,25,29H,9-10,15-16H2,1-2H3,(H,30,33)/t25-/m0/s1. The van der Waals surface area contributed by atoms with Crippen LogP contribution in [0.3, 0.4) is 0 Å². The van der Waals surface area contributed by atoms with Crippen molar-refractivity contribution in [2.24, 2.45) is 7.05 Å². The summed E-state index contributed by atoms with van der Waals surface area (Å²) < 4.78 is 7.88. The Morgan fingerprint density at radius 2 is 2.09 bits per heavy atom. The van der Waals surface area contributed by atoms with E-state index in [1.165, 1.54) is 16.5 Å². The normalized spacial score (nSPS) is 17.1. The number of aromatic amines is 1. The molecule has 0 radical (unpaired) electrons. The van der Waals surface area contributed by atoms with Gasteiger partial charge in [0.05, 0.1) is 36.1 Å². The fraction of sp³-hybridized carbons (Fsp3) is 0.259. The average molecular weight is 454 g/mol. The molecule has 2 aromatic carbocycles. The van der Waals surface area contributed by atoms with E-state index in [1.54, 1.807) is 6.20 Å². The molecule has 1 aliphatic heterocycles. The lowest BCUT2D eigenvalue weighted by Gasteiger charge is -2.34. The number of fused-ring (bicyclic) bond motifs is 4. The van der Waals surface area contributed by atoms with E-state index >= 15 is 0 Å².